The number of ether oxygens (including phenoxy) is 2. The van der Waals surface area contributed by atoms with Crippen LogP contribution in [0.25, 0.3) is 0 Å². The SMILES string of the molecule is COc1ccccc1NC(=O)C1=C(C)Nc2ncnn2[C@H]1c1ccc(OCc2ccc(Cl)cc2Cl)cc1. The first-order chi connectivity index (χ1) is 17.9. The molecule has 1 amide bonds. The number of fused-ring (bicyclic) bond motifs is 1. The van der Waals surface area contributed by atoms with Crippen molar-refractivity contribution in [2.75, 3.05) is 17.7 Å². The molecule has 0 fully saturated rings. The Labute approximate surface area is 223 Å². The van der Waals surface area contributed by atoms with Gasteiger partial charge in [-0.15, -0.1) is 0 Å². The molecule has 0 aliphatic carbocycles. The molecule has 0 bridgehead atoms. The molecule has 0 spiro atoms. The number of carbonyl (C=O) groups excluding carboxylic acids is 1. The third-order valence-electron chi connectivity index (χ3n) is 6.00. The van der Waals surface area contributed by atoms with E-state index in [9.17, 15) is 4.79 Å². The normalized spacial score (nSPS) is 14.5. The number of halogens is 2. The van der Waals surface area contributed by atoms with Crippen LogP contribution in [-0.2, 0) is 11.4 Å². The van der Waals surface area contributed by atoms with Crippen LogP contribution in [0.4, 0.5) is 11.6 Å². The summed E-state index contributed by atoms with van der Waals surface area (Å²) in [5, 5.41) is 11.6. The zero-order chi connectivity index (χ0) is 25.9. The molecular formula is C27H23Cl2N5O3. The average molecular weight is 536 g/mol. The van der Waals surface area contributed by atoms with Crippen molar-refractivity contribution in [3.8, 4) is 11.5 Å². The van der Waals surface area contributed by atoms with Gasteiger partial charge in [0.2, 0.25) is 5.95 Å². The largest absolute Gasteiger partial charge is 0.495 e. The minimum Gasteiger partial charge on any atom is -0.495 e. The Morgan fingerprint density at radius 3 is 2.65 bits per heavy atom. The fraction of sp³-hybridized carbons (Fsp3) is 0.148. The molecule has 2 heterocycles. The first-order valence-electron chi connectivity index (χ1n) is 11.4. The van der Waals surface area contributed by atoms with E-state index in [-0.39, 0.29) is 5.91 Å². The fourth-order valence-electron chi connectivity index (χ4n) is 4.18. The minimum absolute atomic E-state index is 0.279. The number of para-hydroxylation sites is 2. The van der Waals surface area contributed by atoms with Crippen molar-refractivity contribution in [1.82, 2.24) is 14.8 Å². The van der Waals surface area contributed by atoms with Crippen LogP contribution in [0.5, 0.6) is 11.5 Å². The molecular weight excluding hydrogens is 513 g/mol. The summed E-state index contributed by atoms with van der Waals surface area (Å²) in [4.78, 5) is 17.9. The molecule has 3 aromatic carbocycles. The van der Waals surface area contributed by atoms with Gasteiger partial charge in [-0.1, -0.05) is 53.5 Å². The Morgan fingerprint density at radius 1 is 1.11 bits per heavy atom. The lowest BCUT2D eigenvalue weighted by Gasteiger charge is -2.29. The zero-order valence-corrected chi connectivity index (χ0v) is 21.5. The number of anilines is 2. The molecule has 37 heavy (non-hydrogen) atoms. The van der Waals surface area contributed by atoms with Crippen LogP contribution < -0.4 is 20.1 Å². The number of aromatic nitrogens is 3. The predicted octanol–water partition coefficient (Wildman–Crippen LogP) is 6.10. The summed E-state index contributed by atoms with van der Waals surface area (Å²) < 4.78 is 13.0. The number of carbonyl (C=O) groups is 1. The number of hydrogen-bond donors (Lipinski definition) is 2. The van der Waals surface area contributed by atoms with Crippen molar-refractivity contribution in [2.45, 2.75) is 19.6 Å². The van der Waals surface area contributed by atoms with Crippen molar-refractivity contribution in [2.24, 2.45) is 0 Å². The summed E-state index contributed by atoms with van der Waals surface area (Å²) in [5.74, 6) is 1.49. The smallest absolute Gasteiger partial charge is 0.255 e. The fourth-order valence-corrected chi connectivity index (χ4v) is 4.64. The number of nitrogens with zero attached hydrogens (tertiary/aromatic N) is 3. The third kappa shape index (κ3) is 5.12. The number of rotatable bonds is 7. The van der Waals surface area contributed by atoms with Crippen LogP contribution in [0.15, 0.2) is 84.3 Å². The van der Waals surface area contributed by atoms with Crippen molar-refractivity contribution >= 4 is 40.7 Å². The maximum atomic E-state index is 13.6. The maximum Gasteiger partial charge on any atom is 0.255 e. The topological polar surface area (TPSA) is 90.3 Å². The number of hydrogen-bond acceptors (Lipinski definition) is 6. The van der Waals surface area contributed by atoms with E-state index in [1.807, 2.05) is 49.4 Å². The Morgan fingerprint density at radius 2 is 1.89 bits per heavy atom. The van der Waals surface area contributed by atoms with E-state index in [0.717, 1.165) is 11.1 Å². The second-order valence-electron chi connectivity index (χ2n) is 8.34. The predicted molar refractivity (Wildman–Crippen MR) is 143 cm³/mol. The van der Waals surface area contributed by atoms with Gasteiger partial charge in [-0.2, -0.15) is 10.1 Å². The molecule has 2 N–H and O–H groups in total. The highest BCUT2D eigenvalue weighted by Crippen LogP contribution is 2.36. The van der Waals surface area contributed by atoms with E-state index >= 15 is 0 Å². The van der Waals surface area contributed by atoms with E-state index in [1.165, 1.54) is 6.33 Å². The second-order valence-corrected chi connectivity index (χ2v) is 9.19. The van der Waals surface area contributed by atoms with Crippen molar-refractivity contribution < 1.29 is 14.3 Å². The van der Waals surface area contributed by atoms with Crippen LogP contribution in [0.3, 0.4) is 0 Å². The third-order valence-corrected chi connectivity index (χ3v) is 6.59. The molecule has 0 saturated carbocycles. The molecule has 4 aromatic rings. The van der Waals surface area contributed by atoms with Gasteiger partial charge < -0.3 is 20.1 Å². The molecule has 1 aliphatic heterocycles. The Balaban J connectivity index is 1.41. The van der Waals surface area contributed by atoms with Gasteiger partial charge in [0.15, 0.2) is 0 Å². The summed E-state index contributed by atoms with van der Waals surface area (Å²) in [6, 6.07) is 19.6. The lowest BCUT2D eigenvalue weighted by atomic mass is 9.95. The number of benzene rings is 3. The first-order valence-corrected chi connectivity index (χ1v) is 12.2. The van der Waals surface area contributed by atoms with E-state index in [0.29, 0.717) is 51.1 Å². The second kappa shape index (κ2) is 10.5. The molecule has 0 saturated heterocycles. The van der Waals surface area contributed by atoms with E-state index < -0.39 is 6.04 Å². The highest BCUT2D eigenvalue weighted by molar-refractivity contribution is 6.35. The quantitative estimate of drug-likeness (QED) is 0.297. The van der Waals surface area contributed by atoms with Gasteiger partial charge >= 0.3 is 0 Å². The van der Waals surface area contributed by atoms with Crippen molar-refractivity contribution in [3.05, 3.63) is 105 Å². The molecule has 188 valence electrons. The highest BCUT2D eigenvalue weighted by atomic mass is 35.5. The highest BCUT2D eigenvalue weighted by Gasteiger charge is 2.33. The van der Waals surface area contributed by atoms with Crippen molar-refractivity contribution in [3.63, 3.8) is 0 Å². The van der Waals surface area contributed by atoms with Crippen LogP contribution >= 0.6 is 23.2 Å². The molecule has 1 aromatic heterocycles. The van der Waals surface area contributed by atoms with Gasteiger partial charge in [-0.05, 0) is 48.9 Å². The molecule has 0 unspecified atom stereocenters. The Hall–Kier alpha value is -4.01. The lowest BCUT2D eigenvalue weighted by Crippen LogP contribution is -2.31. The van der Waals surface area contributed by atoms with Gasteiger partial charge in [-0.3, -0.25) is 4.79 Å². The summed E-state index contributed by atoms with van der Waals surface area (Å²) in [5.41, 5.74) is 3.42. The standard InChI is InChI=1S/C27H23Cl2N5O3/c1-16-24(26(35)33-22-5-3-4-6-23(22)36-2)25(34-27(32-16)30-15-31-34)17-8-11-20(12-9-17)37-14-18-7-10-19(28)13-21(18)29/h3-13,15,25H,14H2,1-2H3,(H,33,35)(H,30,31,32)/t25-/m0/s1. The lowest BCUT2D eigenvalue weighted by molar-refractivity contribution is -0.113. The average Bonchev–Trinajstić information content (AvgIpc) is 3.36. The number of allylic oxidation sites excluding steroid dienone is 1. The summed E-state index contributed by atoms with van der Waals surface area (Å²) in [7, 11) is 1.56. The first kappa shape index (κ1) is 24.7. The van der Waals surface area contributed by atoms with Crippen LogP contribution in [0.1, 0.15) is 24.1 Å². The molecule has 5 rings (SSSR count). The molecule has 0 radical (unpaired) electrons. The summed E-state index contributed by atoms with van der Waals surface area (Å²) >= 11 is 12.2. The van der Waals surface area contributed by atoms with E-state index in [2.05, 4.69) is 20.7 Å². The van der Waals surface area contributed by atoms with Gasteiger partial charge in [0, 0.05) is 21.3 Å². The van der Waals surface area contributed by atoms with Gasteiger partial charge in [0.05, 0.1) is 18.4 Å². The molecule has 1 atom stereocenters. The van der Waals surface area contributed by atoms with E-state index in [4.69, 9.17) is 32.7 Å². The monoisotopic (exact) mass is 535 g/mol. The molecule has 8 nitrogen and oxygen atoms in total. The number of methoxy groups -OCH3 is 1. The van der Waals surface area contributed by atoms with Crippen molar-refractivity contribution in [1.29, 1.82) is 0 Å². The molecule has 1 aliphatic rings. The maximum absolute atomic E-state index is 13.6. The Kier molecular flexibility index (Phi) is 7.03. The zero-order valence-electron chi connectivity index (χ0n) is 20.0. The summed E-state index contributed by atoms with van der Waals surface area (Å²) in [6.45, 7) is 2.14. The van der Waals surface area contributed by atoms with E-state index in [1.54, 1.807) is 36.1 Å². The van der Waals surface area contributed by atoms with Crippen LogP contribution in [0.2, 0.25) is 10.0 Å². The van der Waals surface area contributed by atoms with Gasteiger partial charge in [0.25, 0.3) is 5.91 Å². The van der Waals surface area contributed by atoms with Crippen LogP contribution in [-0.4, -0.2) is 27.8 Å². The van der Waals surface area contributed by atoms with Gasteiger partial charge in [-0.25, -0.2) is 4.68 Å². The number of nitrogens with one attached hydrogen (secondary N) is 2. The number of amides is 1. The minimum atomic E-state index is -0.506. The van der Waals surface area contributed by atoms with Crippen LogP contribution in [0, 0.1) is 0 Å². The summed E-state index contributed by atoms with van der Waals surface area (Å²) in [6.07, 6.45) is 1.46. The Bertz CT molecular complexity index is 1480. The molecule has 10 heteroatoms. The van der Waals surface area contributed by atoms with Gasteiger partial charge in [0.1, 0.15) is 30.5 Å².